The Morgan fingerprint density at radius 1 is 0.893 bits per heavy atom. The van der Waals surface area contributed by atoms with Crippen molar-refractivity contribution < 1.29 is 13.2 Å². The summed E-state index contributed by atoms with van der Waals surface area (Å²) < 4.78 is 26.7. The van der Waals surface area contributed by atoms with Crippen molar-refractivity contribution >= 4 is 15.7 Å². The number of amides is 1. The summed E-state index contributed by atoms with van der Waals surface area (Å²) in [5, 5.41) is -0.702. The number of benzene rings is 2. The van der Waals surface area contributed by atoms with Gasteiger partial charge in [0.2, 0.25) is 5.91 Å². The third kappa shape index (κ3) is 3.84. The second-order valence-electron chi connectivity index (χ2n) is 7.72. The van der Waals surface area contributed by atoms with E-state index in [-0.39, 0.29) is 5.91 Å². The van der Waals surface area contributed by atoms with Crippen molar-refractivity contribution in [2.75, 3.05) is 26.2 Å². The Balaban J connectivity index is 1.61. The number of likely N-dealkylation sites (tertiary alicyclic amines) is 2. The van der Waals surface area contributed by atoms with Crippen molar-refractivity contribution in [3.8, 4) is 0 Å². The van der Waals surface area contributed by atoms with Crippen LogP contribution in [0.15, 0.2) is 65.6 Å². The van der Waals surface area contributed by atoms with Gasteiger partial charge in [0.15, 0.2) is 9.84 Å². The van der Waals surface area contributed by atoms with Gasteiger partial charge in [0.1, 0.15) is 0 Å². The lowest BCUT2D eigenvalue weighted by Gasteiger charge is -2.24. The maximum Gasteiger partial charge on any atom is 0.228 e. The van der Waals surface area contributed by atoms with Crippen LogP contribution in [0.25, 0.3) is 0 Å². The maximum absolute atomic E-state index is 13.4. The van der Waals surface area contributed by atoms with Gasteiger partial charge in [-0.1, -0.05) is 48.5 Å². The fraction of sp³-hybridized carbons (Fsp3) is 0.409. The van der Waals surface area contributed by atoms with Gasteiger partial charge in [-0.25, -0.2) is 8.42 Å². The van der Waals surface area contributed by atoms with Crippen molar-refractivity contribution in [2.24, 2.45) is 5.92 Å². The smallest absolute Gasteiger partial charge is 0.228 e. The molecule has 2 aliphatic rings. The van der Waals surface area contributed by atoms with Crippen LogP contribution in [-0.2, 0) is 21.2 Å². The standard InChI is InChI=1S/C22H26N2O3S/c25-22(24-13-7-8-14-24)20-16-23(15-18-9-3-1-4-10-18)17-21(20)28(26,27)19-11-5-2-6-12-19/h1-6,9-12,20-21H,7-8,13-17H2/t20-,21-/m1/s1. The number of rotatable bonds is 5. The second-order valence-corrected chi connectivity index (χ2v) is 9.88. The minimum atomic E-state index is -3.58. The Morgan fingerprint density at radius 2 is 1.50 bits per heavy atom. The zero-order valence-corrected chi connectivity index (χ0v) is 16.7. The van der Waals surface area contributed by atoms with Crippen LogP contribution >= 0.6 is 0 Å². The Labute approximate surface area is 166 Å². The summed E-state index contributed by atoms with van der Waals surface area (Å²) in [4.78, 5) is 17.4. The van der Waals surface area contributed by atoms with Gasteiger partial charge in [0.25, 0.3) is 0 Å². The van der Waals surface area contributed by atoms with Crippen molar-refractivity contribution in [1.82, 2.24) is 9.80 Å². The molecular formula is C22H26N2O3S. The average Bonchev–Trinajstić information content (AvgIpc) is 3.39. The van der Waals surface area contributed by atoms with Crippen LogP contribution in [0.2, 0.25) is 0 Å². The second kappa shape index (κ2) is 8.05. The zero-order valence-electron chi connectivity index (χ0n) is 15.9. The topological polar surface area (TPSA) is 57.7 Å². The normalized spacial score (nSPS) is 23.2. The van der Waals surface area contributed by atoms with Crippen LogP contribution in [0.5, 0.6) is 0 Å². The number of nitrogens with zero attached hydrogens (tertiary/aromatic N) is 2. The van der Waals surface area contributed by atoms with Gasteiger partial charge in [0, 0.05) is 32.7 Å². The molecule has 6 heteroatoms. The summed E-state index contributed by atoms with van der Waals surface area (Å²) >= 11 is 0. The van der Waals surface area contributed by atoms with Crippen LogP contribution < -0.4 is 0 Å². The fourth-order valence-electron chi connectivity index (χ4n) is 4.33. The predicted molar refractivity (Wildman–Crippen MR) is 108 cm³/mol. The Bertz CT molecular complexity index is 909. The Morgan fingerprint density at radius 3 is 2.14 bits per heavy atom. The van der Waals surface area contributed by atoms with Gasteiger partial charge >= 0.3 is 0 Å². The highest BCUT2D eigenvalue weighted by Crippen LogP contribution is 2.31. The molecule has 2 aromatic rings. The Hall–Kier alpha value is -2.18. The molecule has 2 atom stereocenters. The number of hydrogen-bond donors (Lipinski definition) is 0. The fourth-order valence-corrected chi connectivity index (χ4v) is 6.26. The molecule has 148 valence electrons. The SMILES string of the molecule is O=C([C@@H]1CN(Cc2ccccc2)C[C@H]1S(=O)(=O)c1ccccc1)N1CCCC1. The quantitative estimate of drug-likeness (QED) is 0.777. The number of hydrogen-bond acceptors (Lipinski definition) is 4. The lowest BCUT2D eigenvalue weighted by Crippen LogP contribution is -2.42. The molecular weight excluding hydrogens is 372 g/mol. The van der Waals surface area contributed by atoms with E-state index in [1.54, 1.807) is 24.3 Å². The largest absolute Gasteiger partial charge is 0.342 e. The molecule has 2 aliphatic heterocycles. The molecule has 2 saturated heterocycles. The minimum absolute atomic E-state index is 0.00225. The van der Waals surface area contributed by atoms with Gasteiger partial charge in [0.05, 0.1) is 16.1 Å². The van der Waals surface area contributed by atoms with E-state index in [0.29, 0.717) is 24.5 Å². The highest BCUT2D eigenvalue weighted by Gasteiger charge is 2.47. The highest BCUT2D eigenvalue weighted by molar-refractivity contribution is 7.92. The monoisotopic (exact) mass is 398 g/mol. The first-order valence-corrected chi connectivity index (χ1v) is 11.4. The molecule has 0 saturated carbocycles. The molecule has 0 spiro atoms. The van der Waals surface area contributed by atoms with Gasteiger partial charge in [-0.05, 0) is 30.5 Å². The van der Waals surface area contributed by atoms with Gasteiger partial charge in [-0.2, -0.15) is 0 Å². The van der Waals surface area contributed by atoms with E-state index in [9.17, 15) is 13.2 Å². The summed E-state index contributed by atoms with van der Waals surface area (Å²) in [6.07, 6.45) is 2.00. The number of carbonyl (C=O) groups is 1. The van der Waals surface area contributed by atoms with Crippen LogP contribution in [0.3, 0.4) is 0 Å². The van der Waals surface area contributed by atoms with E-state index in [2.05, 4.69) is 4.90 Å². The molecule has 4 rings (SSSR count). The zero-order chi connectivity index (χ0) is 19.6. The first-order valence-electron chi connectivity index (χ1n) is 9.90. The van der Waals surface area contributed by atoms with Crippen LogP contribution in [0, 0.1) is 5.92 Å². The van der Waals surface area contributed by atoms with E-state index in [0.717, 1.165) is 31.5 Å². The molecule has 5 nitrogen and oxygen atoms in total. The molecule has 28 heavy (non-hydrogen) atoms. The Kier molecular flexibility index (Phi) is 5.51. The summed E-state index contributed by atoms with van der Waals surface area (Å²) in [5.74, 6) is -0.510. The molecule has 2 aromatic carbocycles. The molecule has 0 radical (unpaired) electrons. The summed E-state index contributed by atoms with van der Waals surface area (Å²) in [6, 6.07) is 18.6. The van der Waals surface area contributed by atoms with E-state index in [4.69, 9.17) is 0 Å². The molecule has 0 N–H and O–H groups in total. The lowest BCUT2D eigenvalue weighted by atomic mass is 10.1. The molecule has 0 unspecified atom stereocenters. The first-order chi connectivity index (χ1) is 13.6. The highest BCUT2D eigenvalue weighted by atomic mass is 32.2. The first kappa shape index (κ1) is 19.2. The third-order valence-corrected chi connectivity index (χ3v) is 8.00. The predicted octanol–water partition coefficient (Wildman–Crippen LogP) is 2.58. The van der Waals surface area contributed by atoms with Crippen LogP contribution in [0.4, 0.5) is 0 Å². The van der Waals surface area contributed by atoms with Crippen molar-refractivity contribution in [1.29, 1.82) is 0 Å². The van der Waals surface area contributed by atoms with Gasteiger partial charge in [-0.3, -0.25) is 9.69 Å². The maximum atomic E-state index is 13.4. The lowest BCUT2D eigenvalue weighted by molar-refractivity contribution is -0.133. The minimum Gasteiger partial charge on any atom is -0.342 e. The number of sulfone groups is 1. The summed E-state index contributed by atoms with van der Waals surface area (Å²) in [7, 11) is -3.58. The van der Waals surface area contributed by atoms with Crippen molar-refractivity contribution in [3.05, 3.63) is 66.2 Å². The van der Waals surface area contributed by atoms with E-state index in [1.807, 2.05) is 41.3 Å². The van der Waals surface area contributed by atoms with E-state index >= 15 is 0 Å². The molecule has 2 fully saturated rings. The molecule has 0 aromatic heterocycles. The number of carbonyl (C=O) groups excluding carboxylic acids is 1. The van der Waals surface area contributed by atoms with E-state index < -0.39 is 21.0 Å². The van der Waals surface area contributed by atoms with Crippen LogP contribution in [0.1, 0.15) is 18.4 Å². The van der Waals surface area contributed by atoms with Gasteiger partial charge < -0.3 is 4.90 Å². The van der Waals surface area contributed by atoms with Crippen molar-refractivity contribution in [3.63, 3.8) is 0 Å². The molecule has 1 amide bonds. The van der Waals surface area contributed by atoms with E-state index in [1.165, 1.54) is 0 Å². The molecule has 2 heterocycles. The average molecular weight is 399 g/mol. The van der Waals surface area contributed by atoms with Crippen molar-refractivity contribution in [2.45, 2.75) is 29.5 Å². The van der Waals surface area contributed by atoms with Crippen LogP contribution in [-0.4, -0.2) is 55.6 Å². The summed E-state index contributed by atoms with van der Waals surface area (Å²) in [5.41, 5.74) is 1.13. The molecule has 0 aliphatic carbocycles. The third-order valence-electron chi connectivity index (χ3n) is 5.80. The van der Waals surface area contributed by atoms with Gasteiger partial charge in [-0.15, -0.1) is 0 Å². The summed E-state index contributed by atoms with van der Waals surface area (Å²) in [6.45, 7) is 3.01. The molecule has 0 bridgehead atoms.